The fraction of sp³-hybridized carbons (Fsp3) is 0.500. The van der Waals surface area contributed by atoms with Gasteiger partial charge in [0, 0.05) is 6.04 Å². The Hall–Kier alpha value is -1.35. The molecule has 0 heterocycles. The smallest absolute Gasteiger partial charge is 0.320 e. The second-order valence-electron chi connectivity index (χ2n) is 4.47. The van der Waals surface area contributed by atoms with Gasteiger partial charge in [-0.1, -0.05) is 24.3 Å². The van der Waals surface area contributed by atoms with Crippen molar-refractivity contribution in [3.63, 3.8) is 0 Å². The van der Waals surface area contributed by atoms with Crippen LogP contribution in [0.15, 0.2) is 24.3 Å². The lowest BCUT2D eigenvalue weighted by molar-refractivity contribution is -0.144. The summed E-state index contributed by atoms with van der Waals surface area (Å²) < 4.78 is 4.98. The number of carbonyl (C=O) groups excluding carboxylic acids is 1. The van der Waals surface area contributed by atoms with E-state index in [9.17, 15) is 4.79 Å². The number of aryl methyl sites for hydroxylation is 1. The summed E-state index contributed by atoms with van der Waals surface area (Å²) in [5.74, 6) is -0.139. The molecule has 17 heavy (non-hydrogen) atoms. The van der Waals surface area contributed by atoms with Crippen molar-refractivity contribution in [2.45, 2.75) is 25.8 Å². The number of likely N-dealkylation sites (N-methyl/N-ethyl adjacent to an activating group) is 1. The molecule has 1 aromatic rings. The molecule has 0 N–H and O–H groups in total. The van der Waals surface area contributed by atoms with Crippen molar-refractivity contribution < 1.29 is 9.53 Å². The molecule has 0 radical (unpaired) electrons. The molecule has 3 heteroatoms. The zero-order chi connectivity index (χ0) is 12.3. The maximum atomic E-state index is 11.5. The minimum Gasteiger partial charge on any atom is -0.465 e. The number of rotatable bonds is 4. The van der Waals surface area contributed by atoms with Crippen LogP contribution in [0.4, 0.5) is 0 Å². The summed E-state index contributed by atoms with van der Waals surface area (Å²) in [4.78, 5) is 13.5. The van der Waals surface area contributed by atoms with Crippen LogP contribution < -0.4 is 0 Å². The number of ether oxygens (including phenoxy) is 1. The first-order valence-electron chi connectivity index (χ1n) is 6.16. The van der Waals surface area contributed by atoms with Gasteiger partial charge in [0.25, 0.3) is 0 Å². The van der Waals surface area contributed by atoms with Gasteiger partial charge in [-0.05, 0) is 37.9 Å². The lowest BCUT2D eigenvalue weighted by Gasteiger charge is -2.24. The number of benzene rings is 1. The minimum atomic E-state index is -0.139. The Morgan fingerprint density at radius 2 is 2.24 bits per heavy atom. The van der Waals surface area contributed by atoms with E-state index in [0.29, 0.717) is 19.2 Å². The topological polar surface area (TPSA) is 29.5 Å². The summed E-state index contributed by atoms with van der Waals surface area (Å²) in [6.07, 6.45) is 2.20. The molecule has 0 saturated heterocycles. The number of carbonyl (C=O) groups is 1. The van der Waals surface area contributed by atoms with Crippen LogP contribution in [0.3, 0.4) is 0 Å². The van der Waals surface area contributed by atoms with Crippen molar-refractivity contribution in [2.24, 2.45) is 0 Å². The lowest BCUT2D eigenvalue weighted by Crippen LogP contribution is -2.30. The highest BCUT2D eigenvalue weighted by Crippen LogP contribution is 2.34. The average Bonchev–Trinajstić information content (AvgIpc) is 2.72. The molecule has 1 atom stereocenters. The zero-order valence-electron chi connectivity index (χ0n) is 10.5. The van der Waals surface area contributed by atoms with Gasteiger partial charge in [0.15, 0.2) is 0 Å². The van der Waals surface area contributed by atoms with E-state index < -0.39 is 0 Å². The van der Waals surface area contributed by atoms with Crippen LogP contribution in [-0.4, -0.2) is 31.1 Å². The third-order valence-corrected chi connectivity index (χ3v) is 3.32. The Morgan fingerprint density at radius 3 is 3.00 bits per heavy atom. The van der Waals surface area contributed by atoms with Gasteiger partial charge < -0.3 is 4.74 Å². The fourth-order valence-electron chi connectivity index (χ4n) is 2.51. The van der Waals surface area contributed by atoms with Crippen LogP contribution in [0.1, 0.15) is 30.5 Å². The average molecular weight is 233 g/mol. The molecule has 0 unspecified atom stereocenters. The molecule has 3 nitrogen and oxygen atoms in total. The molecule has 0 aliphatic heterocycles. The van der Waals surface area contributed by atoms with E-state index in [0.717, 1.165) is 12.8 Å². The van der Waals surface area contributed by atoms with E-state index in [1.54, 1.807) is 0 Å². The highest BCUT2D eigenvalue weighted by Gasteiger charge is 2.26. The molecule has 0 spiro atoms. The molecule has 92 valence electrons. The SMILES string of the molecule is CCOC(=O)CN(C)[C@H]1CCc2ccccc21. The summed E-state index contributed by atoms with van der Waals surface area (Å²) in [6, 6.07) is 8.83. The second kappa shape index (κ2) is 5.32. The molecule has 2 rings (SSSR count). The van der Waals surface area contributed by atoms with Crippen LogP contribution in [-0.2, 0) is 16.0 Å². The largest absolute Gasteiger partial charge is 0.465 e. The van der Waals surface area contributed by atoms with Crippen LogP contribution in [0, 0.1) is 0 Å². The van der Waals surface area contributed by atoms with Crippen LogP contribution >= 0.6 is 0 Å². The molecular weight excluding hydrogens is 214 g/mol. The van der Waals surface area contributed by atoms with Gasteiger partial charge in [-0.25, -0.2) is 0 Å². The maximum absolute atomic E-state index is 11.5. The fourth-order valence-corrected chi connectivity index (χ4v) is 2.51. The first-order valence-corrected chi connectivity index (χ1v) is 6.16. The first kappa shape index (κ1) is 12.1. The third-order valence-electron chi connectivity index (χ3n) is 3.32. The molecule has 1 aromatic carbocycles. The summed E-state index contributed by atoms with van der Waals surface area (Å²) in [5.41, 5.74) is 2.77. The van der Waals surface area contributed by atoms with E-state index in [-0.39, 0.29) is 5.97 Å². The Morgan fingerprint density at radius 1 is 1.47 bits per heavy atom. The number of hydrogen-bond donors (Lipinski definition) is 0. The van der Waals surface area contributed by atoms with Gasteiger partial charge in [-0.3, -0.25) is 9.69 Å². The summed E-state index contributed by atoms with van der Waals surface area (Å²) in [6.45, 7) is 2.66. The number of hydrogen-bond acceptors (Lipinski definition) is 3. The number of nitrogens with zero attached hydrogens (tertiary/aromatic N) is 1. The Balaban J connectivity index is 2.02. The third kappa shape index (κ3) is 2.67. The molecule has 0 saturated carbocycles. The van der Waals surface area contributed by atoms with Crippen LogP contribution in [0.5, 0.6) is 0 Å². The van der Waals surface area contributed by atoms with Gasteiger partial charge in [0.1, 0.15) is 0 Å². The van der Waals surface area contributed by atoms with Crippen molar-refractivity contribution in [3.8, 4) is 0 Å². The minimum absolute atomic E-state index is 0.139. The number of esters is 1. The predicted molar refractivity (Wildman–Crippen MR) is 66.8 cm³/mol. The maximum Gasteiger partial charge on any atom is 0.320 e. The normalized spacial score (nSPS) is 18.2. The van der Waals surface area contributed by atoms with Crippen molar-refractivity contribution in [1.82, 2.24) is 4.90 Å². The van der Waals surface area contributed by atoms with Crippen LogP contribution in [0.2, 0.25) is 0 Å². The van der Waals surface area contributed by atoms with Crippen molar-refractivity contribution >= 4 is 5.97 Å². The van der Waals surface area contributed by atoms with Gasteiger partial charge in [0.2, 0.25) is 0 Å². The Kier molecular flexibility index (Phi) is 3.79. The predicted octanol–water partition coefficient (Wildman–Crippen LogP) is 2.17. The van der Waals surface area contributed by atoms with Crippen molar-refractivity contribution in [2.75, 3.05) is 20.2 Å². The van der Waals surface area contributed by atoms with Crippen molar-refractivity contribution in [3.05, 3.63) is 35.4 Å². The van der Waals surface area contributed by atoms with Gasteiger partial charge in [-0.2, -0.15) is 0 Å². The van der Waals surface area contributed by atoms with Crippen molar-refractivity contribution in [1.29, 1.82) is 0 Å². The molecule has 0 aromatic heterocycles. The summed E-state index contributed by atoms with van der Waals surface area (Å²) in [5, 5.41) is 0. The van der Waals surface area contributed by atoms with E-state index in [1.807, 2.05) is 14.0 Å². The second-order valence-corrected chi connectivity index (χ2v) is 4.47. The molecule has 0 amide bonds. The number of fused-ring (bicyclic) bond motifs is 1. The van der Waals surface area contributed by atoms with E-state index in [1.165, 1.54) is 11.1 Å². The van der Waals surface area contributed by atoms with Gasteiger partial charge in [0.05, 0.1) is 13.2 Å². The van der Waals surface area contributed by atoms with Gasteiger partial charge in [-0.15, -0.1) is 0 Å². The first-order chi connectivity index (χ1) is 8.22. The monoisotopic (exact) mass is 233 g/mol. The van der Waals surface area contributed by atoms with E-state index >= 15 is 0 Å². The van der Waals surface area contributed by atoms with E-state index in [4.69, 9.17) is 4.74 Å². The molecular formula is C14H19NO2. The quantitative estimate of drug-likeness (QED) is 0.746. The standard InChI is InChI=1S/C14H19NO2/c1-3-17-14(16)10-15(2)13-9-8-11-6-4-5-7-12(11)13/h4-7,13H,3,8-10H2,1-2H3/t13-/m0/s1. The zero-order valence-corrected chi connectivity index (χ0v) is 10.5. The Labute approximate surface area is 102 Å². The molecule has 1 aliphatic rings. The molecule has 0 bridgehead atoms. The lowest BCUT2D eigenvalue weighted by atomic mass is 10.1. The molecule has 1 aliphatic carbocycles. The highest BCUT2D eigenvalue weighted by molar-refractivity contribution is 5.71. The Bertz CT molecular complexity index is 403. The van der Waals surface area contributed by atoms with Crippen LogP contribution in [0.25, 0.3) is 0 Å². The van der Waals surface area contributed by atoms with Gasteiger partial charge >= 0.3 is 5.97 Å². The van der Waals surface area contributed by atoms with E-state index in [2.05, 4.69) is 29.2 Å². The molecule has 0 fully saturated rings. The summed E-state index contributed by atoms with van der Waals surface area (Å²) in [7, 11) is 1.99. The highest BCUT2D eigenvalue weighted by atomic mass is 16.5. The summed E-state index contributed by atoms with van der Waals surface area (Å²) >= 11 is 0.